The maximum atomic E-state index is 13.1. The Kier molecular flexibility index (Phi) is 5.42. The molecule has 2 aromatic heterocycles. The monoisotopic (exact) mass is 444 g/mol. The Morgan fingerprint density at radius 1 is 1.12 bits per heavy atom. The van der Waals surface area contributed by atoms with E-state index in [0.717, 1.165) is 23.3 Å². The van der Waals surface area contributed by atoms with E-state index in [1.165, 1.54) is 0 Å². The van der Waals surface area contributed by atoms with Crippen LogP contribution in [0.1, 0.15) is 36.1 Å². The molecule has 2 aliphatic rings. The van der Waals surface area contributed by atoms with Crippen LogP contribution in [0.4, 0.5) is 0 Å². The fourth-order valence-corrected chi connectivity index (χ4v) is 4.57. The standard InChI is InChI=1S/C25H24N4O4/c1-16-13-19-14-18(3-4-20(19)33-16)23(30)21-22(17-5-7-26-8-6-17)29(25(32)24(21)31)11-2-10-28-12-9-27-15-28/h3-9,12,14-16,22,30H,2,10-11,13H2,1H3/b23-21+. The molecule has 5 rings (SSSR count). The van der Waals surface area contributed by atoms with Crippen LogP contribution in [0.3, 0.4) is 0 Å². The van der Waals surface area contributed by atoms with Crippen LogP contribution in [0.25, 0.3) is 5.76 Å². The Labute approximate surface area is 191 Å². The van der Waals surface area contributed by atoms with Crippen LogP contribution >= 0.6 is 0 Å². The van der Waals surface area contributed by atoms with Gasteiger partial charge in [-0.25, -0.2) is 4.98 Å². The molecule has 168 valence electrons. The van der Waals surface area contributed by atoms with E-state index in [2.05, 4.69) is 9.97 Å². The molecule has 0 spiro atoms. The van der Waals surface area contributed by atoms with Crippen molar-refractivity contribution in [2.45, 2.75) is 38.5 Å². The molecule has 2 atom stereocenters. The van der Waals surface area contributed by atoms with Crippen molar-refractivity contribution in [1.82, 2.24) is 19.4 Å². The van der Waals surface area contributed by atoms with E-state index in [-0.39, 0.29) is 17.4 Å². The summed E-state index contributed by atoms with van der Waals surface area (Å²) in [4.78, 5) is 35.8. The van der Waals surface area contributed by atoms with Crippen LogP contribution in [0.15, 0.2) is 67.0 Å². The number of nitrogens with zero attached hydrogens (tertiary/aromatic N) is 4. The zero-order valence-corrected chi connectivity index (χ0v) is 18.2. The summed E-state index contributed by atoms with van der Waals surface area (Å²) in [6, 6.07) is 8.22. The lowest BCUT2D eigenvalue weighted by atomic mass is 9.95. The molecule has 0 saturated carbocycles. The molecule has 1 N–H and O–H groups in total. The fourth-order valence-electron chi connectivity index (χ4n) is 4.57. The number of aromatic nitrogens is 3. The van der Waals surface area contributed by atoms with Crippen molar-refractivity contribution in [3.8, 4) is 5.75 Å². The molecule has 2 unspecified atom stereocenters. The number of carbonyl (C=O) groups is 2. The molecule has 8 nitrogen and oxygen atoms in total. The van der Waals surface area contributed by atoms with Crippen molar-refractivity contribution in [1.29, 1.82) is 0 Å². The number of fused-ring (bicyclic) bond motifs is 1. The topological polar surface area (TPSA) is 97.6 Å². The number of likely N-dealkylation sites (tertiary alicyclic amines) is 1. The summed E-state index contributed by atoms with van der Waals surface area (Å²) in [5.74, 6) is -0.677. The maximum Gasteiger partial charge on any atom is 0.295 e. The second-order valence-corrected chi connectivity index (χ2v) is 8.38. The third kappa shape index (κ3) is 3.88. The van der Waals surface area contributed by atoms with Crippen LogP contribution in [-0.4, -0.2) is 48.9 Å². The Morgan fingerprint density at radius 2 is 1.94 bits per heavy atom. The minimum atomic E-state index is -0.681. The number of hydrogen-bond acceptors (Lipinski definition) is 6. The van der Waals surface area contributed by atoms with E-state index in [9.17, 15) is 14.7 Å². The first-order valence-corrected chi connectivity index (χ1v) is 11.0. The molecule has 1 amide bonds. The number of hydrogen-bond donors (Lipinski definition) is 1. The van der Waals surface area contributed by atoms with Gasteiger partial charge in [0.05, 0.1) is 17.9 Å². The van der Waals surface area contributed by atoms with Gasteiger partial charge < -0.3 is 19.3 Å². The largest absolute Gasteiger partial charge is 0.507 e. The van der Waals surface area contributed by atoms with Crippen molar-refractivity contribution in [2.24, 2.45) is 0 Å². The summed E-state index contributed by atoms with van der Waals surface area (Å²) >= 11 is 0. The van der Waals surface area contributed by atoms with E-state index in [4.69, 9.17) is 4.74 Å². The molecule has 2 aliphatic heterocycles. The molecule has 0 bridgehead atoms. The van der Waals surface area contributed by atoms with Crippen LogP contribution in [-0.2, 0) is 22.6 Å². The third-order valence-corrected chi connectivity index (χ3v) is 6.11. The van der Waals surface area contributed by atoms with Gasteiger partial charge in [0.2, 0.25) is 0 Å². The van der Waals surface area contributed by atoms with Crippen molar-refractivity contribution >= 4 is 17.4 Å². The van der Waals surface area contributed by atoms with Crippen molar-refractivity contribution in [3.05, 3.63) is 83.7 Å². The first-order valence-electron chi connectivity index (χ1n) is 11.0. The molecular formula is C25H24N4O4. The molecule has 1 fully saturated rings. The number of amides is 1. The predicted molar refractivity (Wildman–Crippen MR) is 120 cm³/mol. The van der Waals surface area contributed by atoms with Gasteiger partial charge >= 0.3 is 0 Å². The smallest absolute Gasteiger partial charge is 0.295 e. The second kappa shape index (κ2) is 8.54. The normalized spacial score (nSPS) is 21.3. The van der Waals surface area contributed by atoms with E-state index in [1.54, 1.807) is 54.1 Å². The molecule has 0 radical (unpaired) electrons. The van der Waals surface area contributed by atoms with Crippen molar-refractivity contribution in [3.63, 3.8) is 0 Å². The Balaban J connectivity index is 1.51. The van der Waals surface area contributed by atoms with E-state index < -0.39 is 17.7 Å². The van der Waals surface area contributed by atoms with Gasteiger partial charge in [-0.05, 0) is 54.8 Å². The number of imidazole rings is 1. The highest BCUT2D eigenvalue weighted by Gasteiger charge is 2.45. The number of rotatable bonds is 6. The van der Waals surface area contributed by atoms with Gasteiger partial charge in [0.1, 0.15) is 17.6 Å². The number of ether oxygens (including phenoxy) is 1. The third-order valence-electron chi connectivity index (χ3n) is 6.11. The Hall–Kier alpha value is -3.94. The number of ketones is 1. The van der Waals surface area contributed by atoms with Crippen LogP contribution in [0.2, 0.25) is 0 Å². The van der Waals surface area contributed by atoms with Crippen LogP contribution in [0, 0.1) is 0 Å². The highest BCUT2D eigenvalue weighted by atomic mass is 16.5. The maximum absolute atomic E-state index is 13.1. The van der Waals surface area contributed by atoms with Gasteiger partial charge in [-0.2, -0.15) is 0 Å². The summed E-state index contributed by atoms with van der Waals surface area (Å²) in [5, 5.41) is 11.2. The number of Topliss-reactive ketones (excluding diaryl/α,β-unsaturated/α-hetero) is 1. The fraction of sp³-hybridized carbons (Fsp3) is 0.280. The van der Waals surface area contributed by atoms with Gasteiger partial charge in [0.15, 0.2) is 0 Å². The molecule has 4 heterocycles. The van der Waals surface area contributed by atoms with E-state index in [0.29, 0.717) is 25.1 Å². The molecule has 1 aromatic carbocycles. The zero-order valence-electron chi connectivity index (χ0n) is 18.2. The van der Waals surface area contributed by atoms with Crippen LogP contribution < -0.4 is 4.74 Å². The number of aryl methyl sites for hydroxylation is 1. The molecular weight excluding hydrogens is 420 g/mol. The summed E-state index contributed by atoms with van der Waals surface area (Å²) < 4.78 is 7.67. The zero-order chi connectivity index (χ0) is 22.9. The number of aliphatic hydroxyl groups excluding tert-OH is 1. The average Bonchev–Trinajstić information content (AvgIpc) is 3.53. The number of benzene rings is 1. The summed E-state index contributed by atoms with van der Waals surface area (Å²) in [7, 11) is 0. The van der Waals surface area contributed by atoms with Gasteiger partial charge in [0, 0.05) is 49.9 Å². The van der Waals surface area contributed by atoms with Crippen molar-refractivity contribution in [2.75, 3.05) is 6.54 Å². The minimum absolute atomic E-state index is 0.0651. The number of pyridine rings is 1. The van der Waals surface area contributed by atoms with Crippen LogP contribution in [0.5, 0.6) is 5.75 Å². The van der Waals surface area contributed by atoms with E-state index >= 15 is 0 Å². The quantitative estimate of drug-likeness (QED) is 0.356. The predicted octanol–water partition coefficient (Wildman–Crippen LogP) is 3.11. The van der Waals surface area contributed by atoms with Gasteiger partial charge in [-0.1, -0.05) is 0 Å². The van der Waals surface area contributed by atoms with Gasteiger partial charge in [-0.3, -0.25) is 14.6 Å². The number of carbonyl (C=O) groups excluding carboxylic acids is 2. The van der Waals surface area contributed by atoms with Crippen molar-refractivity contribution < 1.29 is 19.4 Å². The lowest BCUT2D eigenvalue weighted by molar-refractivity contribution is -0.139. The van der Waals surface area contributed by atoms with Gasteiger partial charge in [0.25, 0.3) is 11.7 Å². The highest BCUT2D eigenvalue weighted by molar-refractivity contribution is 6.46. The Bertz CT molecular complexity index is 1220. The lowest BCUT2D eigenvalue weighted by Gasteiger charge is -2.25. The van der Waals surface area contributed by atoms with Gasteiger partial charge in [-0.15, -0.1) is 0 Å². The first kappa shape index (κ1) is 20.9. The average molecular weight is 444 g/mol. The molecule has 0 aliphatic carbocycles. The molecule has 3 aromatic rings. The first-order chi connectivity index (χ1) is 16.0. The number of aliphatic hydroxyl groups is 1. The highest BCUT2D eigenvalue weighted by Crippen LogP contribution is 2.40. The second-order valence-electron chi connectivity index (χ2n) is 8.38. The Morgan fingerprint density at radius 3 is 2.70 bits per heavy atom. The molecule has 33 heavy (non-hydrogen) atoms. The summed E-state index contributed by atoms with van der Waals surface area (Å²) in [5.41, 5.74) is 2.30. The SMILES string of the molecule is CC1Cc2cc(/C(O)=C3\C(=O)C(=O)N(CCCn4ccnc4)C3c3ccncc3)ccc2O1. The summed E-state index contributed by atoms with van der Waals surface area (Å²) in [6.45, 7) is 3.01. The minimum Gasteiger partial charge on any atom is -0.507 e. The molecule has 1 saturated heterocycles. The lowest BCUT2D eigenvalue weighted by Crippen LogP contribution is -2.31. The van der Waals surface area contributed by atoms with E-state index in [1.807, 2.05) is 23.8 Å². The molecule has 8 heteroatoms. The summed E-state index contributed by atoms with van der Waals surface area (Å²) in [6.07, 6.45) is 9.94.